The molecule has 1 fully saturated rings. The van der Waals surface area contributed by atoms with Gasteiger partial charge in [0.15, 0.2) is 0 Å². The molecule has 1 aliphatic rings. The van der Waals surface area contributed by atoms with Crippen molar-refractivity contribution >= 4 is 11.3 Å². The number of nitrogens with zero attached hydrogens (tertiary/aromatic N) is 3. The molecule has 5 heteroatoms. The van der Waals surface area contributed by atoms with Crippen LogP contribution in [0, 0.1) is 0 Å². The molecule has 3 aromatic rings. The number of rotatable bonds is 5. The van der Waals surface area contributed by atoms with Gasteiger partial charge in [-0.15, -0.1) is 11.3 Å². The van der Waals surface area contributed by atoms with Crippen molar-refractivity contribution in [3.05, 3.63) is 59.3 Å². The van der Waals surface area contributed by atoms with Crippen molar-refractivity contribution in [3.63, 3.8) is 0 Å². The van der Waals surface area contributed by atoms with E-state index in [0.29, 0.717) is 5.92 Å². The summed E-state index contributed by atoms with van der Waals surface area (Å²) in [6.07, 6.45) is 2.19. The molecule has 118 valence electrons. The summed E-state index contributed by atoms with van der Waals surface area (Å²) in [5.74, 6) is 1.88. The molecule has 0 spiro atoms. The first kappa shape index (κ1) is 14.6. The second kappa shape index (κ2) is 6.64. The Balaban J connectivity index is 1.35. The van der Waals surface area contributed by atoms with Gasteiger partial charge < -0.3 is 9.42 Å². The smallest absolute Gasteiger partial charge is 0.231 e. The van der Waals surface area contributed by atoms with Crippen LogP contribution in [0.4, 0.5) is 0 Å². The zero-order valence-corrected chi connectivity index (χ0v) is 13.7. The number of benzene rings is 1. The molecule has 3 heterocycles. The lowest BCUT2D eigenvalue weighted by molar-refractivity contribution is 0.318. The molecule has 0 aliphatic carbocycles. The number of aromatic nitrogens is 2. The van der Waals surface area contributed by atoms with Crippen molar-refractivity contribution in [2.75, 3.05) is 19.6 Å². The maximum Gasteiger partial charge on any atom is 0.231 e. The van der Waals surface area contributed by atoms with Crippen LogP contribution in [0.1, 0.15) is 23.8 Å². The van der Waals surface area contributed by atoms with Crippen LogP contribution in [0.2, 0.25) is 0 Å². The third-order valence-corrected chi connectivity index (χ3v) is 5.23. The predicted molar refractivity (Wildman–Crippen MR) is 91.6 cm³/mol. The SMILES string of the molecule is c1ccc(CCN2CCC(c3nc(-c4cccs4)no3)C2)cc1. The van der Waals surface area contributed by atoms with Gasteiger partial charge in [-0.3, -0.25) is 0 Å². The fourth-order valence-corrected chi connectivity index (χ4v) is 3.73. The van der Waals surface area contributed by atoms with Crippen LogP contribution in [-0.4, -0.2) is 34.7 Å². The zero-order valence-electron chi connectivity index (χ0n) is 12.9. The Morgan fingerprint density at radius 2 is 2.09 bits per heavy atom. The lowest BCUT2D eigenvalue weighted by Crippen LogP contribution is -2.23. The molecule has 0 radical (unpaired) electrons. The van der Waals surface area contributed by atoms with Crippen LogP contribution in [0.5, 0.6) is 0 Å². The molecule has 0 bridgehead atoms. The molecule has 4 nitrogen and oxygen atoms in total. The first-order valence-corrected chi connectivity index (χ1v) is 8.90. The van der Waals surface area contributed by atoms with Gasteiger partial charge in [0, 0.05) is 13.1 Å². The normalized spacial score (nSPS) is 18.5. The first-order chi connectivity index (χ1) is 11.4. The van der Waals surface area contributed by atoms with E-state index in [1.807, 2.05) is 17.5 Å². The maximum absolute atomic E-state index is 5.50. The van der Waals surface area contributed by atoms with E-state index in [-0.39, 0.29) is 0 Å². The largest absolute Gasteiger partial charge is 0.339 e. The summed E-state index contributed by atoms with van der Waals surface area (Å²) in [6, 6.07) is 14.7. The van der Waals surface area contributed by atoms with E-state index < -0.39 is 0 Å². The lowest BCUT2D eigenvalue weighted by atomic mass is 10.1. The highest BCUT2D eigenvalue weighted by Crippen LogP contribution is 2.29. The summed E-state index contributed by atoms with van der Waals surface area (Å²) in [5, 5.41) is 6.16. The topological polar surface area (TPSA) is 42.2 Å². The summed E-state index contributed by atoms with van der Waals surface area (Å²) < 4.78 is 5.50. The Morgan fingerprint density at radius 3 is 2.91 bits per heavy atom. The van der Waals surface area contributed by atoms with Gasteiger partial charge in [0.1, 0.15) is 0 Å². The van der Waals surface area contributed by atoms with E-state index in [0.717, 1.165) is 49.1 Å². The molecule has 0 amide bonds. The van der Waals surface area contributed by atoms with Crippen molar-refractivity contribution in [1.29, 1.82) is 0 Å². The Bertz CT molecular complexity index is 739. The van der Waals surface area contributed by atoms with Gasteiger partial charge in [-0.25, -0.2) is 0 Å². The molecule has 1 aromatic carbocycles. The Morgan fingerprint density at radius 1 is 1.17 bits per heavy atom. The first-order valence-electron chi connectivity index (χ1n) is 8.02. The van der Waals surface area contributed by atoms with Gasteiger partial charge >= 0.3 is 0 Å². The predicted octanol–water partition coefficient (Wildman–Crippen LogP) is 3.83. The molecule has 1 unspecified atom stereocenters. The minimum Gasteiger partial charge on any atom is -0.339 e. The van der Waals surface area contributed by atoms with Crippen LogP contribution in [0.3, 0.4) is 0 Å². The highest BCUT2D eigenvalue weighted by Gasteiger charge is 2.28. The van der Waals surface area contributed by atoms with Crippen molar-refractivity contribution in [2.24, 2.45) is 0 Å². The molecule has 1 atom stereocenters. The quantitative estimate of drug-likeness (QED) is 0.715. The fourth-order valence-electron chi connectivity index (χ4n) is 3.08. The monoisotopic (exact) mass is 325 g/mol. The van der Waals surface area contributed by atoms with Gasteiger partial charge in [-0.1, -0.05) is 41.6 Å². The minimum absolute atomic E-state index is 0.368. The maximum atomic E-state index is 5.50. The van der Waals surface area contributed by atoms with Gasteiger partial charge in [-0.2, -0.15) is 4.98 Å². The fraction of sp³-hybridized carbons (Fsp3) is 0.333. The minimum atomic E-state index is 0.368. The van der Waals surface area contributed by atoms with E-state index in [1.54, 1.807) is 11.3 Å². The van der Waals surface area contributed by atoms with E-state index in [9.17, 15) is 0 Å². The van der Waals surface area contributed by atoms with E-state index in [2.05, 4.69) is 45.4 Å². The van der Waals surface area contributed by atoms with E-state index >= 15 is 0 Å². The molecule has 4 rings (SSSR count). The molecule has 0 saturated carbocycles. The highest BCUT2D eigenvalue weighted by atomic mass is 32.1. The number of hydrogen-bond acceptors (Lipinski definition) is 5. The van der Waals surface area contributed by atoms with Crippen molar-refractivity contribution in [2.45, 2.75) is 18.8 Å². The van der Waals surface area contributed by atoms with Gasteiger partial charge in [-0.05, 0) is 36.4 Å². The van der Waals surface area contributed by atoms with E-state index in [4.69, 9.17) is 4.52 Å². The van der Waals surface area contributed by atoms with Crippen LogP contribution in [0.15, 0.2) is 52.4 Å². The molecular formula is C18H19N3OS. The van der Waals surface area contributed by atoms with Crippen molar-refractivity contribution < 1.29 is 4.52 Å². The zero-order chi connectivity index (χ0) is 15.5. The average Bonchev–Trinajstić information content (AvgIpc) is 3.33. The Kier molecular flexibility index (Phi) is 4.22. The number of thiophene rings is 1. The molecule has 1 aliphatic heterocycles. The third kappa shape index (κ3) is 3.35. The molecule has 0 N–H and O–H groups in total. The van der Waals surface area contributed by atoms with Crippen LogP contribution < -0.4 is 0 Å². The number of likely N-dealkylation sites (tertiary alicyclic amines) is 1. The lowest BCUT2D eigenvalue weighted by Gasteiger charge is -2.14. The highest BCUT2D eigenvalue weighted by molar-refractivity contribution is 7.13. The van der Waals surface area contributed by atoms with Crippen LogP contribution >= 0.6 is 11.3 Å². The summed E-state index contributed by atoms with van der Waals surface area (Å²) in [7, 11) is 0. The molecule has 1 saturated heterocycles. The van der Waals surface area contributed by atoms with Gasteiger partial charge in [0.05, 0.1) is 10.8 Å². The molecular weight excluding hydrogens is 306 g/mol. The average molecular weight is 325 g/mol. The second-order valence-electron chi connectivity index (χ2n) is 5.96. The Labute approximate surface area is 139 Å². The van der Waals surface area contributed by atoms with Crippen molar-refractivity contribution in [3.8, 4) is 10.7 Å². The molecule has 2 aromatic heterocycles. The van der Waals surface area contributed by atoms with E-state index in [1.165, 1.54) is 5.56 Å². The Hall–Kier alpha value is -1.98. The summed E-state index contributed by atoms with van der Waals surface area (Å²) in [4.78, 5) is 8.15. The second-order valence-corrected chi connectivity index (χ2v) is 6.90. The van der Waals surface area contributed by atoms with Crippen LogP contribution in [0.25, 0.3) is 10.7 Å². The standard InChI is InChI=1S/C18H19N3OS/c1-2-5-14(6-3-1)8-10-21-11-9-15(13-21)18-19-17(20-22-18)16-7-4-12-23-16/h1-7,12,15H,8-11,13H2. The summed E-state index contributed by atoms with van der Waals surface area (Å²) in [5.41, 5.74) is 1.40. The third-order valence-electron chi connectivity index (χ3n) is 4.36. The molecule has 23 heavy (non-hydrogen) atoms. The van der Waals surface area contributed by atoms with Gasteiger partial charge in [0.25, 0.3) is 0 Å². The van der Waals surface area contributed by atoms with Crippen LogP contribution in [-0.2, 0) is 6.42 Å². The number of hydrogen-bond donors (Lipinski definition) is 0. The van der Waals surface area contributed by atoms with Crippen molar-refractivity contribution in [1.82, 2.24) is 15.0 Å². The van der Waals surface area contributed by atoms with Gasteiger partial charge in [0.2, 0.25) is 11.7 Å². The summed E-state index contributed by atoms with van der Waals surface area (Å²) >= 11 is 1.64. The summed E-state index contributed by atoms with van der Waals surface area (Å²) in [6.45, 7) is 3.21.